The highest BCUT2D eigenvalue weighted by molar-refractivity contribution is 6.16. The molecule has 5 rings (SSSR count). The Hall–Kier alpha value is -3.87. The average Bonchev–Trinajstić information content (AvgIpc) is 3.29. The third-order valence-corrected chi connectivity index (χ3v) is 6.12. The van der Waals surface area contributed by atoms with Gasteiger partial charge < -0.3 is 15.0 Å². The number of hydrogen-bond acceptors (Lipinski definition) is 4. The van der Waals surface area contributed by atoms with E-state index in [4.69, 9.17) is 4.74 Å². The molecule has 0 saturated heterocycles. The fraction of sp³-hybridized carbons (Fsp3) is 0.208. The number of benzene rings is 2. The van der Waals surface area contributed by atoms with Gasteiger partial charge in [0, 0.05) is 18.5 Å². The molecule has 1 N–H and O–H groups in total. The predicted molar refractivity (Wildman–Crippen MR) is 118 cm³/mol. The Morgan fingerprint density at radius 3 is 2.68 bits per heavy atom. The lowest BCUT2D eigenvalue weighted by Gasteiger charge is -2.32. The minimum atomic E-state index is -1.10. The molecule has 2 aliphatic rings. The first-order chi connectivity index (χ1) is 15.0. The molecule has 156 valence electrons. The van der Waals surface area contributed by atoms with Crippen molar-refractivity contribution in [3.05, 3.63) is 78.0 Å². The molecular weight excluding hydrogens is 392 g/mol. The van der Waals surface area contributed by atoms with E-state index in [2.05, 4.69) is 17.0 Å². The zero-order chi connectivity index (χ0) is 21.8. The van der Waals surface area contributed by atoms with Crippen molar-refractivity contribution in [2.24, 2.45) is 0 Å². The van der Waals surface area contributed by atoms with Crippen LogP contribution in [0.3, 0.4) is 0 Å². The number of rotatable bonds is 4. The van der Waals surface area contributed by atoms with Crippen molar-refractivity contribution < 1.29 is 14.3 Å². The first kappa shape index (κ1) is 19.1. The second-order valence-electron chi connectivity index (χ2n) is 7.82. The number of ether oxygens (including phenoxy) is 1. The molecule has 2 aromatic carbocycles. The number of nitrogens with one attached hydrogen (secondary N) is 1. The summed E-state index contributed by atoms with van der Waals surface area (Å²) in [5.41, 5.74) is 3.03. The molecule has 7 nitrogen and oxygen atoms in total. The first-order valence-corrected chi connectivity index (χ1v) is 10.1. The molecule has 2 aliphatic heterocycles. The summed E-state index contributed by atoms with van der Waals surface area (Å²) in [7, 11) is 1.61. The lowest BCUT2D eigenvalue weighted by molar-refractivity contribution is -0.126. The number of carbonyl (C=O) groups is 2. The standard InChI is InChI=1S/C24H22N4O3/c1-4-12-27-21-15(2)6-5-7-18(21)24(23(27)30)13-20(29)26-22-19(24)14-25-28(22)16-8-10-17(31-3)11-9-16/h4-11,14H,1,12-13H2,2-3H3,(H,26,29)/t24-/m1/s1. The van der Waals surface area contributed by atoms with Crippen molar-refractivity contribution in [3.63, 3.8) is 0 Å². The van der Waals surface area contributed by atoms with Crippen molar-refractivity contribution in [2.75, 3.05) is 23.9 Å². The summed E-state index contributed by atoms with van der Waals surface area (Å²) in [6, 6.07) is 13.2. The van der Waals surface area contributed by atoms with Crippen molar-refractivity contribution in [1.29, 1.82) is 0 Å². The maximum absolute atomic E-state index is 13.9. The number of nitrogens with zero attached hydrogens (tertiary/aromatic N) is 3. The van der Waals surface area contributed by atoms with Gasteiger partial charge in [-0.25, -0.2) is 4.68 Å². The Balaban J connectivity index is 1.74. The van der Waals surface area contributed by atoms with Crippen molar-refractivity contribution in [1.82, 2.24) is 9.78 Å². The number of carbonyl (C=O) groups excluding carboxylic acids is 2. The SMILES string of the molecule is C=CCN1C(=O)[C@]2(CC(=O)Nc3c2cnn3-c2ccc(OC)cc2)c2cccc(C)c21. The summed E-state index contributed by atoms with van der Waals surface area (Å²) in [6.45, 7) is 6.17. The number of aromatic nitrogens is 2. The van der Waals surface area contributed by atoms with E-state index in [1.165, 1.54) is 0 Å². The second kappa shape index (κ2) is 6.84. The topological polar surface area (TPSA) is 76.5 Å². The Bertz CT molecular complexity index is 1230. The largest absolute Gasteiger partial charge is 0.497 e. The van der Waals surface area contributed by atoms with Crippen LogP contribution in [0.25, 0.3) is 5.69 Å². The van der Waals surface area contributed by atoms with E-state index in [-0.39, 0.29) is 18.2 Å². The lowest BCUT2D eigenvalue weighted by Crippen LogP contribution is -2.46. The molecule has 2 amide bonds. The molecular formula is C24H22N4O3. The summed E-state index contributed by atoms with van der Waals surface area (Å²) >= 11 is 0. The van der Waals surface area contributed by atoms with Gasteiger partial charge in [-0.3, -0.25) is 9.59 Å². The minimum Gasteiger partial charge on any atom is -0.497 e. The maximum Gasteiger partial charge on any atom is 0.243 e. The van der Waals surface area contributed by atoms with Gasteiger partial charge in [0.25, 0.3) is 0 Å². The molecule has 1 aromatic heterocycles. The summed E-state index contributed by atoms with van der Waals surface area (Å²) in [4.78, 5) is 28.5. The quantitative estimate of drug-likeness (QED) is 0.665. The van der Waals surface area contributed by atoms with Crippen LogP contribution in [0.1, 0.15) is 23.1 Å². The van der Waals surface area contributed by atoms with Gasteiger partial charge in [-0.1, -0.05) is 24.3 Å². The van der Waals surface area contributed by atoms with Gasteiger partial charge in [0.05, 0.1) is 24.7 Å². The Morgan fingerprint density at radius 2 is 1.97 bits per heavy atom. The molecule has 3 aromatic rings. The van der Waals surface area contributed by atoms with Crippen LogP contribution in [0, 0.1) is 6.92 Å². The first-order valence-electron chi connectivity index (χ1n) is 10.1. The smallest absolute Gasteiger partial charge is 0.243 e. The van der Waals surface area contributed by atoms with Gasteiger partial charge in [-0.2, -0.15) is 5.10 Å². The molecule has 0 aliphatic carbocycles. The normalized spacial score (nSPS) is 19.2. The number of anilines is 2. The van der Waals surface area contributed by atoms with Gasteiger partial charge in [0.2, 0.25) is 11.8 Å². The van der Waals surface area contributed by atoms with Crippen LogP contribution in [-0.4, -0.2) is 35.2 Å². The van der Waals surface area contributed by atoms with E-state index in [1.54, 1.807) is 29.0 Å². The van der Waals surface area contributed by atoms with Crippen LogP contribution in [0.5, 0.6) is 5.75 Å². The zero-order valence-corrected chi connectivity index (χ0v) is 17.4. The second-order valence-corrected chi connectivity index (χ2v) is 7.82. The minimum absolute atomic E-state index is 0.0389. The number of fused-ring (bicyclic) bond motifs is 4. The van der Waals surface area contributed by atoms with Crippen molar-refractivity contribution in [2.45, 2.75) is 18.8 Å². The molecule has 1 atom stereocenters. The summed E-state index contributed by atoms with van der Waals surface area (Å²) in [5, 5.41) is 7.49. The maximum atomic E-state index is 13.9. The Morgan fingerprint density at radius 1 is 1.19 bits per heavy atom. The van der Waals surface area contributed by atoms with E-state index < -0.39 is 5.41 Å². The van der Waals surface area contributed by atoms with Gasteiger partial charge in [0.15, 0.2) is 0 Å². The molecule has 7 heteroatoms. The van der Waals surface area contributed by atoms with E-state index in [1.807, 2.05) is 49.4 Å². The summed E-state index contributed by atoms with van der Waals surface area (Å²) < 4.78 is 6.89. The van der Waals surface area contributed by atoms with Crippen LogP contribution in [-0.2, 0) is 15.0 Å². The molecule has 31 heavy (non-hydrogen) atoms. The Labute approximate surface area is 179 Å². The molecule has 0 saturated carbocycles. The van der Waals surface area contributed by atoms with Crippen molar-refractivity contribution in [3.8, 4) is 11.4 Å². The molecule has 0 bridgehead atoms. The van der Waals surface area contributed by atoms with Crippen LogP contribution < -0.4 is 15.0 Å². The van der Waals surface area contributed by atoms with E-state index in [0.717, 1.165) is 28.3 Å². The third-order valence-electron chi connectivity index (χ3n) is 6.12. The fourth-order valence-electron chi connectivity index (χ4n) is 4.76. The summed E-state index contributed by atoms with van der Waals surface area (Å²) in [5.74, 6) is 0.898. The van der Waals surface area contributed by atoms with E-state index >= 15 is 0 Å². The highest BCUT2D eigenvalue weighted by atomic mass is 16.5. The third kappa shape index (κ3) is 2.56. The average molecular weight is 414 g/mol. The molecule has 0 fully saturated rings. The number of methoxy groups -OCH3 is 1. The van der Waals surface area contributed by atoms with Crippen LogP contribution in [0.2, 0.25) is 0 Å². The zero-order valence-electron chi connectivity index (χ0n) is 17.4. The van der Waals surface area contributed by atoms with Gasteiger partial charge in [0.1, 0.15) is 17.0 Å². The van der Waals surface area contributed by atoms with Crippen molar-refractivity contribution >= 4 is 23.3 Å². The van der Waals surface area contributed by atoms with E-state index in [0.29, 0.717) is 17.9 Å². The van der Waals surface area contributed by atoms with E-state index in [9.17, 15) is 9.59 Å². The van der Waals surface area contributed by atoms with Crippen LogP contribution >= 0.6 is 0 Å². The molecule has 3 heterocycles. The summed E-state index contributed by atoms with van der Waals surface area (Å²) in [6.07, 6.45) is 3.44. The Kier molecular flexibility index (Phi) is 4.22. The molecule has 1 spiro atoms. The molecule has 0 radical (unpaired) electrons. The number of para-hydroxylation sites is 1. The fourth-order valence-corrected chi connectivity index (χ4v) is 4.76. The van der Waals surface area contributed by atoms with Crippen LogP contribution in [0.15, 0.2) is 61.3 Å². The van der Waals surface area contributed by atoms with Crippen LogP contribution in [0.4, 0.5) is 11.5 Å². The highest BCUT2D eigenvalue weighted by Crippen LogP contribution is 2.53. The lowest BCUT2D eigenvalue weighted by atomic mass is 9.71. The number of aryl methyl sites for hydroxylation is 1. The predicted octanol–water partition coefficient (Wildman–Crippen LogP) is 3.35. The van der Waals surface area contributed by atoms with Gasteiger partial charge in [-0.15, -0.1) is 6.58 Å². The van der Waals surface area contributed by atoms with Gasteiger partial charge in [-0.05, 0) is 42.3 Å². The van der Waals surface area contributed by atoms with Gasteiger partial charge >= 0.3 is 0 Å². The number of amides is 2. The molecule has 0 unspecified atom stereocenters. The highest BCUT2D eigenvalue weighted by Gasteiger charge is 2.57. The monoisotopic (exact) mass is 414 g/mol. The number of hydrogen-bond donors (Lipinski definition) is 1.